The molecule has 3 atom stereocenters. The molecule has 0 bridgehead atoms. The van der Waals surface area contributed by atoms with E-state index in [-0.39, 0.29) is 37.4 Å². The molecule has 1 aliphatic heterocycles. The first-order valence-corrected chi connectivity index (χ1v) is 8.38. The van der Waals surface area contributed by atoms with Crippen molar-refractivity contribution < 1.29 is 18.0 Å². The normalized spacial score (nSPS) is 27.5. The quantitative estimate of drug-likeness (QED) is 0.866. The third-order valence-corrected chi connectivity index (χ3v) is 4.86. The minimum atomic E-state index is -4.17. The average Bonchev–Trinajstić information content (AvgIpc) is 3.00. The highest BCUT2D eigenvalue weighted by Gasteiger charge is 2.42. The molecule has 3 unspecified atom stereocenters. The molecule has 2 N–H and O–H groups in total. The summed E-state index contributed by atoms with van der Waals surface area (Å²) in [4.78, 5) is 16.2. The summed E-state index contributed by atoms with van der Waals surface area (Å²) in [7, 11) is 0. The van der Waals surface area contributed by atoms with Gasteiger partial charge in [-0.1, -0.05) is 6.42 Å². The van der Waals surface area contributed by atoms with E-state index in [1.165, 1.54) is 6.33 Å². The molecule has 1 aromatic heterocycles. The minimum absolute atomic E-state index is 0.0129. The first-order valence-electron chi connectivity index (χ1n) is 8.38. The van der Waals surface area contributed by atoms with Crippen molar-refractivity contribution in [3.05, 3.63) is 12.2 Å². The maximum Gasteiger partial charge on any atom is 0.391 e. The van der Waals surface area contributed by atoms with Crippen molar-refractivity contribution in [2.24, 2.45) is 5.92 Å². The number of halogens is 3. The lowest BCUT2D eigenvalue weighted by Gasteiger charge is -2.31. The van der Waals surface area contributed by atoms with Crippen LogP contribution in [0.5, 0.6) is 0 Å². The predicted molar refractivity (Wildman–Crippen MR) is 80.1 cm³/mol. The lowest BCUT2D eigenvalue weighted by atomic mass is 9.85. The third-order valence-electron chi connectivity index (χ3n) is 4.86. The van der Waals surface area contributed by atoms with Crippen LogP contribution in [0.4, 0.5) is 13.2 Å². The standard InChI is InChI=1S/C15H22F3N5O/c16-15(17,18)10-2-1-3-11(6-10)22-14(24)7-19-12-4-5-13-20-9-21-23(13)8-12/h9-12,19H,1-8H2,(H,22,24). The largest absolute Gasteiger partial charge is 0.391 e. The van der Waals surface area contributed by atoms with Crippen LogP contribution in [0, 0.1) is 5.92 Å². The Hall–Kier alpha value is -1.64. The van der Waals surface area contributed by atoms with Crippen LogP contribution in [-0.4, -0.2) is 45.5 Å². The number of amides is 1. The summed E-state index contributed by atoms with van der Waals surface area (Å²) in [6.07, 6.45) is 0.284. The summed E-state index contributed by atoms with van der Waals surface area (Å²) in [5, 5.41) is 10.0. The maximum absolute atomic E-state index is 12.8. The van der Waals surface area contributed by atoms with Gasteiger partial charge in [0.2, 0.25) is 5.91 Å². The van der Waals surface area contributed by atoms with Crippen LogP contribution >= 0.6 is 0 Å². The van der Waals surface area contributed by atoms with Gasteiger partial charge in [-0.3, -0.25) is 4.79 Å². The summed E-state index contributed by atoms with van der Waals surface area (Å²) in [5.74, 6) is -0.598. The van der Waals surface area contributed by atoms with Crippen molar-refractivity contribution in [1.82, 2.24) is 25.4 Å². The van der Waals surface area contributed by atoms with E-state index in [1.807, 2.05) is 4.68 Å². The second-order valence-electron chi connectivity index (χ2n) is 6.64. The van der Waals surface area contributed by atoms with Gasteiger partial charge < -0.3 is 10.6 Å². The van der Waals surface area contributed by atoms with Gasteiger partial charge in [0, 0.05) is 18.5 Å². The smallest absolute Gasteiger partial charge is 0.352 e. The van der Waals surface area contributed by atoms with Crippen molar-refractivity contribution in [3.63, 3.8) is 0 Å². The molecule has 1 aliphatic carbocycles. The van der Waals surface area contributed by atoms with E-state index in [9.17, 15) is 18.0 Å². The molecule has 134 valence electrons. The monoisotopic (exact) mass is 345 g/mol. The van der Waals surface area contributed by atoms with Crippen LogP contribution in [0.3, 0.4) is 0 Å². The van der Waals surface area contributed by atoms with Crippen LogP contribution in [0.25, 0.3) is 0 Å². The Morgan fingerprint density at radius 2 is 2.12 bits per heavy atom. The number of fused-ring (bicyclic) bond motifs is 1. The van der Waals surface area contributed by atoms with E-state index in [0.717, 1.165) is 18.7 Å². The second-order valence-corrected chi connectivity index (χ2v) is 6.64. The number of alkyl halides is 3. The number of hydrogen-bond donors (Lipinski definition) is 2. The topological polar surface area (TPSA) is 71.8 Å². The molecule has 0 saturated heterocycles. The number of carbonyl (C=O) groups is 1. The fourth-order valence-electron chi connectivity index (χ4n) is 3.54. The van der Waals surface area contributed by atoms with Crippen LogP contribution in [-0.2, 0) is 17.8 Å². The van der Waals surface area contributed by atoms with Crippen LogP contribution in [0.2, 0.25) is 0 Å². The van der Waals surface area contributed by atoms with E-state index in [4.69, 9.17) is 0 Å². The van der Waals surface area contributed by atoms with Gasteiger partial charge in [0.25, 0.3) is 0 Å². The lowest BCUT2D eigenvalue weighted by Crippen LogP contribution is -2.47. The van der Waals surface area contributed by atoms with E-state index < -0.39 is 12.1 Å². The summed E-state index contributed by atoms with van der Waals surface area (Å²) >= 11 is 0. The van der Waals surface area contributed by atoms with Crippen molar-refractivity contribution in [3.8, 4) is 0 Å². The fraction of sp³-hybridized carbons (Fsp3) is 0.800. The molecule has 0 spiro atoms. The SMILES string of the molecule is O=C(CNC1CCc2ncnn2C1)NC1CCCC(C(F)(F)F)C1. The van der Waals surface area contributed by atoms with Gasteiger partial charge in [0.15, 0.2) is 0 Å². The third kappa shape index (κ3) is 4.25. The van der Waals surface area contributed by atoms with Crippen molar-refractivity contribution >= 4 is 5.91 Å². The van der Waals surface area contributed by atoms with Gasteiger partial charge in [0.1, 0.15) is 12.2 Å². The Kier molecular flexibility index (Phi) is 5.07. The molecule has 0 aromatic carbocycles. The molecular weight excluding hydrogens is 323 g/mol. The Morgan fingerprint density at radius 3 is 2.92 bits per heavy atom. The maximum atomic E-state index is 12.8. The molecule has 1 amide bonds. The summed E-state index contributed by atoms with van der Waals surface area (Å²) in [6.45, 7) is 0.768. The summed E-state index contributed by atoms with van der Waals surface area (Å²) in [6, 6.07) is -0.257. The highest BCUT2D eigenvalue weighted by molar-refractivity contribution is 5.78. The lowest BCUT2D eigenvalue weighted by molar-refractivity contribution is -0.184. The van der Waals surface area contributed by atoms with E-state index in [1.54, 1.807) is 0 Å². The molecule has 1 aromatic rings. The Bertz CT molecular complexity index is 574. The van der Waals surface area contributed by atoms with E-state index in [0.29, 0.717) is 19.4 Å². The van der Waals surface area contributed by atoms with E-state index in [2.05, 4.69) is 20.7 Å². The number of rotatable bonds is 4. The van der Waals surface area contributed by atoms with Gasteiger partial charge in [-0.05, 0) is 25.7 Å². The number of aryl methyl sites for hydroxylation is 1. The number of carbonyl (C=O) groups excluding carboxylic acids is 1. The molecule has 9 heteroatoms. The van der Waals surface area contributed by atoms with Crippen molar-refractivity contribution in [2.75, 3.05) is 6.54 Å². The first-order chi connectivity index (χ1) is 11.4. The van der Waals surface area contributed by atoms with Crippen molar-refractivity contribution in [1.29, 1.82) is 0 Å². The average molecular weight is 345 g/mol. The molecule has 3 rings (SSSR count). The molecule has 0 radical (unpaired) electrons. The minimum Gasteiger partial charge on any atom is -0.352 e. The zero-order chi connectivity index (χ0) is 17.2. The van der Waals surface area contributed by atoms with Gasteiger partial charge in [-0.25, -0.2) is 9.67 Å². The zero-order valence-electron chi connectivity index (χ0n) is 13.4. The number of nitrogens with zero attached hydrogens (tertiary/aromatic N) is 3. The Balaban J connectivity index is 1.41. The Labute approximate surface area is 138 Å². The molecule has 24 heavy (non-hydrogen) atoms. The predicted octanol–water partition coefficient (Wildman–Crippen LogP) is 1.42. The zero-order valence-corrected chi connectivity index (χ0v) is 13.4. The number of hydrogen-bond acceptors (Lipinski definition) is 4. The highest BCUT2D eigenvalue weighted by Crippen LogP contribution is 2.37. The molecule has 2 heterocycles. The summed E-state index contributed by atoms with van der Waals surface area (Å²) in [5.41, 5.74) is 0. The van der Waals surface area contributed by atoms with Crippen molar-refractivity contribution in [2.45, 2.75) is 63.3 Å². The fourth-order valence-corrected chi connectivity index (χ4v) is 3.54. The molecular formula is C15H22F3N5O. The molecule has 2 aliphatic rings. The molecule has 1 fully saturated rings. The number of nitrogens with one attached hydrogen (secondary N) is 2. The van der Waals surface area contributed by atoms with Crippen LogP contribution in [0.15, 0.2) is 6.33 Å². The van der Waals surface area contributed by atoms with Crippen LogP contribution < -0.4 is 10.6 Å². The highest BCUT2D eigenvalue weighted by atomic mass is 19.4. The first kappa shape index (κ1) is 17.2. The second kappa shape index (κ2) is 7.08. The van der Waals surface area contributed by atoms with Gasteiger partial charge in [0.05, 0.1) is 19.0 Å². The van der Waals surface area contributed by atoms with E-state index >= 15 is 0 Å². The summed E-state index contributed by atoms with van der Waals surface area (Å²) < 4.78 is 40.2. The number of aromatic nitrogens is 3. The van der Waals surface area contributed by atoms with Gasteiger partial charge in [-0.15, -0.1) is 0 Å². The van der Waals surface area contributed by atoms with Gasteiger partial charge >= 0.3 is 6.18 Å². The van der Waals surface area contributed by atoms with Gasteiger partial charge in [-0.2, -0.15) is 18.3 Å². The Morgan fingerprint density at radius 1 is 1.29 bits per heavy atom. The molecule has 1 saturated carbocycles. The van der Waals surface area contributed by atoms with Crippen LogP contribution in [0.1, 0.15) is 37.9 Å². The molecule has 6 nitrogen and oxygen atoms in total.